The lowest BCUT2D eigenvalue weighted by molar-refractivity contribution is 0.0949. The third-order valence-corrected chi connectivity index (χ3v) is 2.36. The Bertz CT molecular complexity index is 474. The van der Waals surface area contributed by atoms with Crippen LogP contribution in [0.25, 0.3) is 0 Å². The Hall–Kier alpha value is -1.86. The van der Waals surface area contributed by atoms with Crippen molar-refractivity contribution in [1.82, 2.24) is 5.32 Å². The van der Waals surface area contributed by atoms with Gasteiger partial charge in [-0.3, -0.25) is 4.79 Å². The average molecular weight is 248 g/mol. The van der Waals surface area contributed by atoms with Crippen LogP contribution < -0.4 is 11.1 Å². The van der Waals surface area contributed by atoms with Gasteiger partial charge in [-0.05, 0) is 24.6 Å². The Morgan fingerprint density at radius 3 is 2.89 bits per heavy atom. The number of carbonyl (C=O) groups is 1. The van der Waals surface area contributed by atoms with E-state index in [4.69, 9.17) is 5.73 Å². The van der Waals surface area contributed by atoms with Crippen LogP contribution in [0.1, 0.15) is 35.7 Å². The van der Waals surface area contributed by atoms with Gasteiger partial charge in [-0.15, -0.1) is 0 Å². The molecule has 0 unspecified atom stereocenters. The number of benzene rings is 1. The minimum atomic E-state index is -0.562. The predicted octanol–water partition coefficient (Wildman–Crippen LogP) is 1.67. The van der Waals surface area contributed by atoms with Gasteiger partial charge in [0.25, 0.3) is 5.91 Å². The Labute approximate surface area is 107 Å². The summed E-state index contributed by atoms with van der Waals surface area (Å²) in [5.41, 5.74) is 5.79. The zero-order valence-corrected chi connectivity index (χ0v) is 10.4. The van der Waals surface area contributed by atoms with Crippen LogP contribution in [0.3, 0.4) is 0 Å². The van der Waals surface area contributed by atoms with E-state index in [1.165, 1.54) is 12.1 Å². The molecule has 1 amide bonds. The number of halogens is 1. The molecule has 0 aromatic heterocycles. The minimum absolute atomic E-state index is 0.0457. The van der Waals surface area contributed by atoms with E-state index in [1.807, 2.05) is 6.92 Å². The summed E-state index contributed by atoms with van der Waals surface area (Å²) in [6, 6.07) is 4.30. The Kier molecular flexibility index (Phi) is 5.89. The van der Waals surface area contributed by atoms with Crippen LogP contribution in [0.4, 0.5) is 4.39 Å². The topological polar surface area (TPSA) is 55.1 Å². The number of unbranched alkanes of at least 4 members (excludes halogenated alkanes) is 1. The summed E-state index contributed by atoms with van der Waals surface area (Å²) in [6.07, 6.45) is 1.86. The number of nitrogens with two attached hydrogens (primary N) is 1. The lowest BCUT2D eigenvalue weighted by Gasteiger charge is -2.05. The number of nitrogens with one attached hydrogen (secondary N) is 1. The van der Waals surface area contributed by atoms with Crippen molar-refractivity contribution in [3.63, 3.8) is 0 Å². The van der Waals surface area contributed by atoms with Crippen molar-refractivity contribution >= 4 is 5.91 Å². The number of hydrogen-bond acceptors (Lipinski definition) is 2. The minimum Gasteiger partial charge on any atom is -0.352 e. The van der Waals surface area contributed by atoms with E-state index in [9.17, 15) is 9.18 Å². The fourth-order valence-electron chi connectivity index (χ4n) is 1.40. The largest absolute Gasteiger partial charge is 0.352 e. The maximum Gasteiger partial charge on any atom is 0.254 e. The molecular weight excluding hydrogens is 231 g/mol. The van der Waals surface area contributed by atoms with Crippen LogP contribution in [0.5, 0.6) is 0 Å². The summed E-state index contributed by atoms with van der Waals surface area (Å²) in [4.78, 5) is 11.7. The first kappa shape index (κ1) is 14.2. The second kappa shape index (κ2) is 7.46. The maximum absolute atomic E-state index is 13.7. The van der Waals surface area contributed by atoms with Crippen molar-refractivity contribution in [2.24, 2.45) is 5.73 Å². The molecule has 1 aromatic rings. The van der Waals surface area contributed by atoms with E-state index in [1.54, 1.807) is 6.07 Å². The summed E-state index contributed by atoms with van der Waals surface area (Å²) >= 11 is 0. The molecule has 0 heterocycles. The van der Waals surface area contributed by atoms with Gasteiger partial charge in [0.15, 0.2) is 0 Å². The van der Waals surface area contributed by atoms with E-state index < -0.39 is 5.82 Å². The molecule has 0 atom stereocenters. The number of amides is 1. The fourth-order valence-corrected chi connectivity index (χ4v) is 1.40. The van der Waals surface area contributed by atoms with Gasteiger partial charge >= 0.3 is 0 Å². The van der Waals surface area contributed by atoms with Crippen LogP contribution in [0.2, 0.25) is 0 Å². The van der Waals surface area contributed by atoms with E-state index in [0.29, 0.717) is 12.1 Å². The lowest BCUT2D eigenvalue weighted by Crippen LogP contribution is -2.25. The molecule has 4 heteroatoms. The van der Waals surface area contributed by atoms with Crippen LogP contribution in [-0.2, 0) is 0 Å². The molecule has 0 aliphatic heterocycles. The molecule has 1 rings (SSSR count). The van der Waals surface area contributed by atoms with Gasteiger partial charge in [0.05, 0.1) is 12.1 Å². The van der Waals surface area contributed by atoms with Crippen molar-refractivity contribution in [3.8, 4) is 11.8 Å². The van der Waals surface area contributed by atoms with Crippen molar-refractivity contribution in [2.45, 2.75) is 19.8 Å². The van der Waals surface area contributed by atoms with Gasteiger partial charge in [0, 0.05) is 12.1 Å². The van der Waals surface area contributed by atoms with E-state index in [0.717, 1.165) is 12.8 Å². The molecule has 1 aromatic carbocycles. The van der Waals surface area contributed by atoms with Crippen LogP contribution in [0, 0.1) is 17.7 Å². The molecule has 0 aliphatic carbocycles. The first-order chi connectivity index (χ1) is 8.69. The molecule has 96 valence electrons. The fraction of sp³-hybridized carbons (Fsp3) is 0.357. The van der Waals surface area contributed by atoms with Gasteiger partial charge in [-0.2, -0.15) is 0 Å². The second-order valence-electron chi connectivity index (χ2n) is 3.81. The van der Waals surface area contributed by atoms with Gasteiger partial charge in [0.2, 0.25) is 0 Å². The van der Waals surface area contributed by atoms with Gasteiger partial charge in [0.1, 0.15) is 5.82 Å². The number of rotatable bonds is 4. The Morgan fingerprint density at radius 1 is 1.50 bits per heavy atom. The quantitative estimate of drug-likeness (QED) is 0.629. The van der Waals surface area contributed by atoms with E-state index >= 15 is 0 Å². The molecule has 0 saturated carbocycles. The van der Waals surface area contributed by atoms with E-state index in [2.05, 4.69) is 17.2 Å². The van der Waals surface area contributed by atoms with Gasteiger partial charge in [-0.1, -0.05) is 25.2 Å². The molecule has 18 heavy (non-hydrogen) atoms. The third kappa shape index (κ3) is 4.19. The Morgan fingerprint density at radius 2 is 2.28 bits per heavy atom. The van der Waals surface area contributed by atoms with Crippen LogP contribution >= 0.6 is 0 Å². The summed E-state index contributed by atoms with van der Waals surface area (Å²) in [5.74, 6) is 4.40. The normalized spacial score (nSPS) is 9.50. The molecular formula is C14H17FN2O. The molecule has 0 fully saturated rings. The van der Waals surface area contributed by atoms with Crippen LogP contribution in [-0.4, -0.2) is 19.0 Å². The third-order valence-electron chi connectivity index (χ3n) is 2.36. The molecule has 0 saturated heterocycles. The highest BCUT2D eigenvalue weighted by Gasteiger charge is 2.10. The van der Waals surface area contributed by atoms with E-state index in [-0.39, 0.29) is 18.0 Å². The second-order valence-corrected chi connectivity index (χ2v) is 3.81. The number of hydrogen-bond donors (Lipinski definition) is 2. The molecule has 3 N–H and O–H groups in total. The summed E-state index contributed by atoms with van der Waals surface area (Å²) in [5, 5.41) is 2.67. The van der Waals surface area contributed by atoms with Crippen molar-refractivity contribution in [1.29, 1.82) is 0 Å². The molecule has 0 radical (unpaired) electrons. The van der Waals surface area contributed by atoms with Gasteiger partial charge < -0.3 is 11.1 Å². The van der Waals surface area contributed by atoms with Crippen molar-refractivity contribution in [2.75, 3.05) is 13.1 Å². The summed E-state index contributed by atoms with van der Waals surface area (Å²) in [6.45, 7) is 2.81. The van der Waals surface area contributed by atoms with Gasteiger partial charge in [-0.25, -0.2) is 4.39 Å². The zero-order chi connectivity index (χ0) is 13.4. The van der Waals surface area contributed by atoms with Crippen LogP contribution in [0.15, 0.2) is 18.2 Å². The zero-order valence-electron chi connectivity index (χ0n) is 10.4. The highest BCUT2D eigenvalue weighted by Crippen LogP contribution is 2.09. The highest BCUT2D eigenvalue weighted by molar-refractivity contribution is 5.94. The molecule has 0 aliphatic rings. The molecule has 0 bridgehead atoms. The number of carbonyl (C=O) groups excluding carboxylic acids is 1. The lowest BCUT2D eigenvalue weighted by atomic mass is 10.1. The smallest absolute Gasteiger partial charge is 0.254 e. The standard InChI is InChI=1S/C14H17FN2O/c1-2-3-9-17-14(18)12-7-6-11(5-4-8-16)10-13(12)15/h6-7,10H,2-3,8-9,16H2,1H3,(H,17,18). The summed E-state index contributed by atoms with van der Waals surface area (Å²) in [7, 11) is 0. The van der Waals surface area contributed by atoms with Crippen molar-refractivity contribution in [3.05, 3.63) is 35.1 Å². The average Bonchev–Trinajstić information content (AvgIpc) is 2.36. The SMILES string of the molecule is CCCCNC(=O)c1ccc(C#CCN)cc1F. The Balaban J connectivity index is 2.75. The first-order valence-corrected chi connectivity index (χ1v) is 5.95. The first-order valence-electron chi connectivity index (χ1n) is 5.95. The van der Waals surface area contributed by atoms with Crippen molar-refractivity contribution < 1.29 is 9.18 Å². The molecule has 3 nitrogen and oxygen atoms in total. The highest BCUT2D eigenvalue weighted by atomic mass is 19.1. The maximum atomic E-state index is 13.7. The molecule has 0 spiro atoms. The monoisotopic (exact) mass is 248 g/mol. The summed E-state index contributed by atoms with van der Waals surface area (Å²) < 4.78 is 13.7. The predicted molar refractivity (Wildman–Crippen MR) is 69.6 cm³/mol.